The van der Waals surface area contributed by atoms with Gasteiger partial charge in [-0.3, -0.25) is 9.59 Å². The lowest BCUT2D eigenvalue weighted by atomic mass is 9.44. The number of nitrogens with zero attached hydrogens (tertiary/aromatic N) is 1. The molecule has 0 radical (unpaired) electrons. The lowest BCUT2D eigenvalue weighted by Crippen LogP contribution is -2.84. The van der Waals surface area contributed by atoms with Crippen LogP contribution in [0.1, 0.15) is 24.8 Å². The van der Waals surface area contributed by atoms with Crippen LogP contribution in [0.3, 0.4) is 0 Å². The molecule has 5 rings (SSSR count). The number of hydrogen-bond donors (Lipinski definition) is 2. The van der Waals surface area contributed by atoms with Crippen LogP contribution in [0.15, 0.2) is 36.5 Å². The van der Waals surface area contributed by atoms with Crippen molar-refractivity contribution in [3.63, 3.8) is 0 Å². The summed E-state index contributed by atoms with van der Waals surface area (Å²) in [5.41, 5.74) is 0.249. The molecule has 32 heavy (non-hydrogen) atoms. The van der Waals surface area contributed by atoms with E-state index in [1.165, 1.54) is 12.1 Å². The zero-order chi connectivity index (χ0) is 22.8. The molecule has 3 fully saturated rings. The van der Waals surface area contributed by atoms with Crippen LogP contribution in [-0.4, -0.2) is 48.2 Å². The highest BCUT2D eigenvalue weighted by Gasteiger charge is 2.69. The average Bonchev–Trinajstić information content (AvgIpc) is 2.72. The van der Waals surface area contributed by atoms with Crippen LogP contribution in [0.2, 0.25) is 5.02 Å². The Bertz CT molecular complexity index is 997. The molecule has 3 aliphatic rings. The first kappa shape index (κ1) is 22.3. The SMILES string of the molecule is COc1ccc(COCC(=O)NC23CC(NC(=O)COc4ccc(Cl)c(F)c4)(C2)C3)cn1. The molecule has 2 N–H and O–H groups in total. The number of carbonyl (C=O) groups excluding carboxylic acids is 2. The van der Waals surface area contributed by atoms with Crippen molar-refractivity contribution in [3.05, 3.63) is 52.9 Å². The highest BCUT2D eigenvalue weighted by atomic mass is 35.5. The van der Waals surface area contributed by atoms with Crippen LogP contribution in [-0.2, 0) is 20.9 Å². The second kappa shape index (κ2) is 8.91. The van der Waals surface area contributed by atoms with Gasteiger partial charge in [0.05, 0.1) is 18.7 Å². The molecule has 2 amide bonds. The first-order chi connectivity index (χ1) is 15.3. The Morgan fingerprint density at radius 3 is 2.38 bits per heavy atom. The molecule has 8 nitrogen and oxygen atoms in total. The molecule has 0 saturated heterocycles. The van der Waals surface area contributed by atoms with E-state index in [1.54, 1.807) is 19.4 Å². The Labute approximate surface area is 189 Å². The Hall–Kier alpha value is -2.91. The van der Waals surface area contributed by atoms with Crippen molar-refractivity contribution in [2.24, 2.45) is 0 Å². The third-order valence-electron chi connectivity index (χ3n) is 5.61. The predicted molar refractivity (Wildman–Crippen MR) is 113 cm³/mol. The predicted octanol–water partition coefficient (Wildman–Crippen LogP) is 2.39. The molecule has 170 valence electrons. The van der Waals surface area contributed by atoms with Gasteiger partial charge in [0.2, 0.25) is 11.8 Å². The molecule has 1 aromatic heterocycles. The number of methoxy groups -OCH3 is 1. The van der Waals surface area contributed by atoms with E-state index in [0.717, 1.165) is 11.6 Å². The summed E-state index contributed by atoms with van der Waals surface area (Å²) < 4.78 is 29.2. The summed E-state index contributed by atoms with van der Waals surface area (Å²) in [6.45, 7) is -0.0101. The van der Waals surface area contributed by atoms with Crippen molar-refractivity contribution in [1.29, 1.82) is 0 Å². The van der Waals surface area contributed by atoms with E-state index >= 15 is 0 Å². The Morgan fingerprint density at radius 2 is 1.78 bits per heavy atom. The number of benzene rings is 1. The van der Waals surface area contributed by atoms with Gasteiger partial charge in [-0.15, -0.1) is 0 Å². The molecule has 0 atom stereocenters. The normalized spacial score (nSPS) is 22.8. The summed E-state index contributed by atoms with van der Waals surface area (Å²) >= 11 is 5.62. The smallest absolute Gasteiger partial charge is 0.258 e. The minimum Gasteiger partial charge on any atom is -0.484 e. The monoisotopic (exact) mass is 463 g/mol. The van der Waals surface area contributed by atoms with Gasteiger partial charge in [0.15, 0.2) is 6.61 Å². The van der Waals surface area contributed by atoms with Gasteiger partial charge in [0, 0.05) is 29.4 Å². The van der Waals surface area contributed by atoms with E-state index in [4.69, 9.17) is 25.8 Å². The van der Waals surface area contributed by atoms with E-state index in [-0.39, 0.29) is 53.5 Å². The number of hydrogen-bond acceptors (Lipinski definition) is 6. The average molecular weight is 464 g/mol. The zero-order valence-corrected chi connectivity index (χ0v) is 18.2. The molecule has 1 aromatic carbocycles. The van der Waals surface area contributed by atoms with Gasteiger partial charge < -0.3 is 24.8 Å². The number of pyridine rings is 1. The van der Waals surface area contributed by atoms with Gasteiger partial charge in [0.25, 0.3) is 5.91 Å². The Balaban J connectivity index is 1.13. The molecule has 2 aromatic rings. The highest BCUT2D eigenvalue weighted by Crippen LogP contribution is 2.60. The summed E-state index contributed by atoms with van der Waals surface area (Å²) in [4.78, 5) is 28.4. The number of amides is 2. The molecule has 0 unspecified atom stereocenters. The molecular weight excluding hydrogens is 441 g/mol. The lowest BCUT2D eigenvalue weighted by Gasteiger charge is -2.70. The number of ether oxygens (including phenoxy) is 3. The van der Waals surface area contributed by atoms with Crippen LogP contribution in [0.4, 0.5) is 4.39 Å². The molecular formula is C22H23ClFN3O5. The number of halogens is 2. The van der Waals surface area contributed by atoms with Crippen molar-refractivity contribution < 1.29 is 28.2 Å². The van der Waals surface area contributed by atoms with Crippen molar-refractivity contribution in [2.75, 3.05) is 20.3 Å². The molecule has 1 heterocycles. The number of rotatable bonds is 10. The quantitative estimate of drug-likeness (QED) is 0.561. The van der Waals surface area contributed by atoms with Crippen LogP contribution >= 0.6 is 11.6 Å². The maximum atomic E-state index is 13.4. The second-order valence-corrected chi connectivity index (χ2v) is 8.66. The summed E-state index contributed by atoms with van der Waals surface area (Å²) in [5, 5.41) is 5.93. The van der Waals surface area contributed by atoms with Crippen molar-refractivity contribution in [2.45, 2.75) is 36.9 Å². The van der Waals surface area contributed by atoms with E-state index in [9.17, 15) is 14.0 Å². The molecule has 3 saturated carbocycles. The van der Waals surface area contributed by atoms with Crippen LogP contribution in [0.25, 0.3) is 0 Å². The lowest BCUT2D eigenvalue weighted by molar-refractivity contribution is -0.152. The van der Waals surface area contributed by atoms with Crippen LogP contribution in [0.5, 0.6) is 11.6 Å². The van der Waals surface area contributed by atoms with Crippen LogP contribution < -0.4 is 20.1 Å². The molecule has 3 aliphatic carbocycles. The van der Waals surface area contributed by atoms with Gasteiger partial charge in [-0.05, 0) is 43.0 Å². The molecule has 2 bridgehead atoms. The van der Waals surface area contributed by atoms with Gasteiger partial charge >= 0.3 is 0 Å². The van der Waals surface area contributed by atoms with Crippen molar-refractivity contribution >= 4 is 23.4 Å². The topological polar surface area (TPSA) is 98.8 Å². The Kier molecular flexibility index (Phi) is 6.21. The van der Waals surface area contributed by atoms with E-state index in [0.29, 0.717) is 25.1 Å². The fourth-order valence-electron chi connectivity index (χ4n) is 4.31. The van der Waals surface area contributed by atoms with Gasteiger partial charge in [-0.25, -0.2) is 9.37 Å². The summed E-state index contributed by atoms with van der Waals surface area (Å²) in [6.07, 6.45) is 3.62. The van der Waals surface area contributed by atoms with Gasteiger partial charge in [-0.1, -0.05) is 11.6 Å². The minimum atomic E-state index is -0.605. The summed E-state index contributed by atoms with van der Waals surface area (Å²) in [5.74, 6) is -0.350. The minimum absolute atomic E-state index is 0.00819. The van der Waals surface area contributed by atoms with Crippen molar-refractivity contribution in [3.8, 4) is 11.6 Å². The molecule has 0 aliphatic heterocycles. The molecule has 0 spiro atoms. The first-order valence-corrected chi connectivity index (χ1v) is 10.4. The van der Waals surface area contributed by atoms with E-state index in [2.05, 4.69) is 15.6 Å². The third-order valence-corrected chi connectivity index (χ3v) is 5.92. The zero-order valence-electron chi connectivity index (χ0n) is 17.5. The standard InChI is InChI=1S/C22H23ClFN3O5/c1-30-20-5-2-14(7-25-20)8-31-9-18(28)26-21-11-22(12-21,13-21)27-19(29)10-32-15-3-4-16(23)17(24)6-15/h2-7H,8-13H2,1H3,(H,26,28)(H,27,29). The largest absolute Gasteiger partial charge is 0.484 e. The van der Waals surface area contributed by atoms with Gasteiger partial charge in [-0.2, -0.15) is 0 Å². The summed E-state index contributed by atoms with van der Waals surface area (Å²) in [6, 6.07) is 7.55. The second-order valence-electron chi connectivity index (χ2n) is 8.25. The number of carbonyl (C=O) groups is 2. The maximum Gasteiger partial charge on any atom is 0.258 e. The molecule has 10 heteroatoms. The Morgan fingerprint density at radius 1 is 1.09 bits per heavy atom. The van der Waals surface area contributed by atoms with E-state index in [1.807, 2.05) is 6.07 Å². The number of nitrogens with one attached hydrogen (secondary N) is 2. The van der Waals surface area contributed by atoms with E-state index < -0.39 is 5.82 Å². The third kappa shape index (κ3) is 4.94. The summed E-state index contributed by atoms with van der Waals surface area (Å²) in [7, 11) is 1.54. The highest BCUT2D eigenvalue weighted by molar-refractivity contribution is 6.30. The first-order valence-electron chi connectivity index (χ1n) is 10.1. The maximum absolute atomic E-state index is 13.4. The fraction of sp³-hybridized carbons (Fsp3) is 0.409. The number of aromatic nitrogens is 1. The van der Waals surface area contributed by atoms with Crippen LogP contribution in [0, 0.1) is 5.82 Å². The van der Waals surface area contributed by atoms with Gasteiger partial charge in [0.1, 0.15) is 18.2 Å². The van der Waals surface area contributed by atoms with Crippen molar-refractivity contribution in [1.82, 2.24) is 15.6 Å². The fourth-order valence-corrected chi connectivity index (χ4v) is 4.43.